The van der Waals surface area contributed by atoms with Gasteiger partial charge in [0.1, 0.15) is 5.75 Å². The molecule has 1 aliphatic rings. The van der Waals surface area contributed by atoms with Crippen molar-refractivity contribution in [2.24, 2.45) is 0 Å². The summed E-state index contributed by atoms with van der Waals surface area (Å²) in [5, 5.41) is 3.91. The van der Waals surface area contributed by atoms with Gasteiger partial charge >= 0.3 is 0 Å². The number of rotatable bonds is 5. The molecule has 1 fully saturated rings. The fourth-order valence-corrected chi connectivity index (χ4v) is 2.73. The van der Waals surface area contributed by atoms with Crippen LogP contribution in [0.4, 0.5) is 0 Å². The first kappa shape index (κ1) is 14.3. The number of nitrogens with zero attached hydrogens (tertiary/aromatic N) is 2. The highest BCUT2D eigenvalue weighted by molar-refractivity contribution is 8.13. The van der Waals surface area contributed by atoms with E-state index >= 15 is 0 Å². The van der Waals surface area contributed by atoms with Crippen molar-refractivity contribution in [2.75, 3.05) is 6.61 Å². The number of halogens is 1. The molecule has 1 aromatic carbocycles. The van der Waals surface area contributed by atoms with Gasteiger partial charge in [-0.1, -0.05) is 5.16 Å². The van der Waals surface area contributed by atoms with Gasteiger partial charge in [-0.05, 0) is 38.0 Å². The molecule has 0 spiro atoms. The summed E-state index contributed by atoms with van der Waals surface area (Å²) in [4.78, 5) is 4.29. The molecule has 0 radical (unpaired) electrons. The fourth-order valence-electron chi connectivity index (χ4n) is 1.96. The summed E-state index contributed by atoms with van der Waals surface area (Å²) in [6, 6.07) is 4.33. The monoisotopic (exact) mass is 328 g/mol. The number of hydrogen-bond acceptors (Lipinski definition) is 6. The zero-order valence-corrected chi connectivity index (χ0v) is 12.8. The smallest absolute Gasteiger partial charge is 0.261 e. The van der Waals surface area contributed by atoms with Crippen molar-refractivity contribution in [1.82, 2.24) is 10.1 Å². The van der Waals surface area contributed by atoms with Gasteiger partial charge in [-0.2, -0.15) is 4.98 Å². The van der Waals surface area contributed by atoms with E-state index in [1.165, 1.54) is 12.1 Å². The van der Waals surface area contributed by atoms with Gasteiger partial charge in [-0.3, -0.25) is 0 Å². The van der Waals surface area contributed by atoms with Crippen LogP contribution in [0.5, 0.6) is 5.75 Å². The Labute approximate surface area is 126 Å². The number of benzene rings is 1. The molecule has 1 aromatic heterocycles. The minimum Gasteiger partial charge on any atom is -0.493 e. The van der Waals surface area contributed by atoms with E-state index < -0.39 is 9.05 Å². The lowest BCUT2D eigenvalue weighted by molar-refractivity contribution is 0.340. The minimum atomic E-state index is -3.83. The summed E-state index contributed by atoms with van der Waals surface area (Å²) in [6.45, 7) is 2.27. The van der Waals surface area contributed by atoms with Crippen LogP contribution in [0.3, 0.4) is 0 Å². The predicted octanol–water partition coefficient (Wildman–Crippen LogP) is 2.94. The van der Waals surface area contributed by atoms with Gasteiger partial charge in [-0.15, -0.1) is 0 Å². The third-order valence-electron chi connectivity index (χ3n) is 3.14. The number of ether oxygens (including phenoxy) is 1. The van der Waals surface area contributed by atoms with Crippen LogP contribution < -0.4 is 4.74 Å². The van der Waals surface area contributed by atoms with Crippen molar-refractivity contribution in [2.45, 2.75) is 30.6 Å². The van der Waals surface area contributed by atoms with Crippen LogP contribution in [0.15, 0.2) is 27.6 Å². The Kier molecular flexibility index (Phi) is 3.62. The first-order valence-corrected chi connectivity index (χ1v) is 8.85. The van der Waals surface area contributed by atoms with E-state index in [1.54, 1.807) is 6.07 Å². The van der Waals surface area contributed by atoms with E-state index in [1.807, 2.05) is 6.92 Å². The predicted molar refractivity (Wildman–Crippen MR) is 75.9 cm³/mol. The molecule has 0 amide bonds. The quantitative estimate of drug-likeness (QED) is 0.785. The molecule has 1 saturated carbocycles. The third-order valence-corrected chi connectivity index (χ3v) is 4.49. The molecule has 6 nitrogen and oxygen atoms in total. The average molecular weight is 329 g/mol. The third kappa shape index (κ3) is 3.03. The normalized spacial score (nSPS) is 15.1. The Balaban J connectivity index is 2.07. The maximum Gasteiger partial charge on any atom is 0.261 e. The maximum absolute atomic E-state index is 11.5. The second kappa shape index (κ2) is 5.31. The van der Waals surface area contributed by atoms with E-state index in [9.17, 15) is 8.42 Å². The van der Waals surface area contributed by atoms with Gasteiger partial charge in [0.15, 0.2) is 0 Å². The Morgan fingerprint density at radius 3 is 2.81 bits per heavy atom. The first-order chi connectivity index (χ1) is 9.99. The highest BCUT2D eigenvalue weighted by Gasteiger charge is 2.30. The van der Waals surface area contributed by atoms with E-state index in [0.29, 0.717) is 35.6 Å². The van der Waals surface area contributed by atoms with Gasteiger partial charge in [0, 0.05) is 16.6 Å². The lowest BCUT2D eigenvalue weighted by atomic mass is 10.2. The van der Waals surface area contributed by atoms with Crippen LogP contribution in [0.25, 0.3) is 11.4 Å². The van der Waals surface area contributed by atoms with E-state index in [2.05, 4.69) is 10.1 Å². The highest BCUT2D eigenvalue weighted by atomic mass is 35.7. The average Bonchev–Trinajstić information content (AvgIpc) is 3.17. The van der Waals surface area contributed by atoms with Crippen molar-refractivity contribution in [1.29, 1.82) is 0 Å². The van der Waals surface area contributed by atoms with Crippen molar-refractivity contribution in [3.8, 4) is 17.1 Å². The summed E-state index contributed by atoms with van der Waals surface area (Å²) in [7, 11) is 1.55. The van der Waals surface area contributed by atoms with Crippen molar-refractivity contribution >= 4 is 19.7 Å². The molecule has 21 heavy (non-hydrogen) atoms. The van der Waals surface area contributed by atoms with Crippen LogP contribution in [0, 0.1) is 0 Å². The molecule has 8 heteroatoms. The largest absolute Gasteiger partial charge is 0.493 e. The Hall–Kier alpha value is -1.60. The van der Waals surface area contributed by atoms with Crippen LogP contribution in [-0.2, 0) is 9.05 Å². The van der Waals surface area contributed by atoms with E-state index in [0.717, 1.165) is 12.8 Å². The van der Waals surface area contributed by atoms with Gasteiger partial charge in [-0.25, -0.2) is 8.42 Å². The SMILES string of the molecule is CCOc1ccc(S(=O)(=O)Cl)cc1-c1noc(C2CC2)n1. The van der Waals surface area contributed by atoms with Crippen molar-refractivity contribution in [3.05, 3.63) is 24.1 Å². The molecule has 0 unspecified atom stereocenters. The summed E-state index contributed by atoms with van der Waals surface area (Å²) in [6.07, 6.45) is 2.08. The van der Waals surface area contributed by atoms with Gasteiger partial charge < -0.3 is 9.26 Å². The Bertz CT molecular complexity index is 768. The molecule has 0 aliphatic heterocycles. The number of hydrogen-bond donors (Lipinski definition) is 0. The molecular weight excluding hydrogens is 316 g/mol. The van der Waals surface area contributed by atoms with Crippen LogP contribution in [0.1, 0.15) is 31.6 Å². The van der Waals surface area contributed by atoms with Crippen molar-refractivity contribution in [3.63, 3.8) is 0 Å². The highest BCUT2D eigenvalue weighted by Crippen LogP contribution is 2.40. The molecule has 1 aliphatic carbocycles. The van der Waals surface area contributed by atoms with Gasteiger partial charge in [0.25, 0.3) is 9.05 Å². The molecule has 1 heterocycles. The standard InChI is InChI=1S/C13H13ClN2O4S/c1-2-19-11-6-5-9(21(14,17)18)7-10(11)12-15-13(20-16-12)8-3-4-8/h5-8H,2-4H2,1H3. The lowest BCUT2D eigenvalue weighted by Crippen LogP contribution is -1.98. The zero-order valence-electron chi connectivity index (χ0n) is 11.2. The van der Waals surface area contributed by atoms with Crippen molar-refractivity contribution < 1.29 is 17.7 Å². The van der Waals surface area contributed by atoms with E-state index in [-0.39, 0.29) is 4.90 Å². The lowest BCUT2D eigenvalue weighted by Gasteiger charge is -2.08. The van der Waals surface area contributed by atoms with E-state index in [4.69, 9.17) is 19.9 Å². The zero-order chi connectivity index (χ0) is 15.0. The molecule has 3 rings (SSSR count). The van der Waals surface area contributed by atoms with Crippen LogP contribution in [0.2, 0.25) is 0 Å². The molecule has 0 atom stereocenters. The topological polar surface area (TPSA) is 82.3 Å². The Morgan fingerprint density at radius 1 is 1.43 bits per heavy atom. The Morgan fingerprint density at radius 2 is 2.19 bits per heavy atom. The molecule has 0 N–H and O–H groups in total. The fraction of sp³-hybridized carbons (Fsp3) is 0.385. The van der Waals surface area contributed by atoms with Gasteiger partial charge in [0.2, 0.25) is 11.7 Å². The molecule has 0 bridgehead atoms. The molecule has 112 valence electrons. The summed E-state index contributed by atoms with van der Waals surface area (Å²) >= 11 is 0. The summed E-state index contributed by atoms with van der Waals surface area (Å²) in [5.41, 5.74) is 0.453. The summed E-state index contributed by atoms with van der Waals surface area (Å²) < 4.78 is 33.6. The maximum atomic E-state index is 11.5. The van der Waals surface area contributed by atoms with Gasteiger partial charge in [0.05, 0.1) is 17.1 Å². The number of aromatic nitrogens is 2. The second-order valence-corrected chi connectivity index (χ2v) is 7.33. The van der Waals surface area contributed by atoms with Crippen LogP contribution in [-0.4, -0.2) is 25.2 Å². The molecular formula is C13H13ClN2O4S. The molecule has 0 saturated heterocycles. The first-order valence-electron chi connectivity index (χ1n) is 6.54. The minimum absolute atomic E-state index is 0.0274. The molecule has 2 aromatic rings. The second-order valence-electron chi connectivity index (χ2n) is 4.76. The summed E-state index contributed by atoms with van der Waals surface area (Å²) in [5.74, 6) is 1.69. The van der Waals surface area contributed by atoms with Crippen LogP contribution >= 0.6 is 10.7 Å².